The second kappa shape index (κ2) is 5.71. The third-order valence-corrected chi connectivity index (χ3v) is 4.99. The number of fused-ring (bicyclic) bond motifs is 1. The molecule has 1 aromatic heterocycles. The number of nitrogens with zero attached hydrogens (tertiary/aromatic N) is 1. The van der Waals surface area contributed by atoms with Crippen LogP contribution in [0.5, 0.6) is 0 Å². The zero-order valence-corrected chi connectivity index (χ0v) is 12.7. The summed E-state index contributed by atoms with van der Waals surface area (Å²) in [5.74, 6) is 0.594. The number of para-hydroxylation sites is 1. The minimum atomic E-state index is -0.107. The van der Waals surface area contributed by atoms with E-state index in [1.807, 2.05) is 11.4 Å². The van der Waals surface area contributed by atoms with Crippen LogP contribution in [0.4, 0.5) is 5.69 Å². The lowest BCUT2D eigenvalue weighted by Gasteiger charge is -2.18. The number of anilines is 1. The van der Waals surface area contributed by atoms with Crippen LogP contribution < -0.4 is 5.32 Å². The molecule has 1 aliphatic rings. The zero-order chi connectivity index (χ0) is 14.8. The number of rotatable bonds is 2. The van der Waals surface area contributed by atoms with Crippen molar-refractivity contribution in [3.8, 4) is 6.07 Å². The lowest BCUT2D eigenvalue weighted by Crippen LogP contribution is -2.17. The molecule has 2 aromatic rings. The normalized spacial score (nSPS) is 16.9. The van der Waals surface area contributed by atoms with E-state index in [1.54, 1.807) is 29.5 Å². The molecule has 1 amide bonds. The van der Waals surface area contributed by atoms with Crippen molar-refractivity contribution in [1.82, 2.24) is 0 Å². The largest absolute Gasteiger partial charge is 0.321 e. The van der Waals surface area contributed by atoms with Crippen molar-refractivity contribution >= 4 is 22.9 Å². The summed E-state index contributed by atoms with van der Waals surface area (Å²) in [6.07, 6.45) is 3.18. The fraction of sp³-hybridized carbons (Fsp3) is 0.294. The monoisotopic (exact) mass is 296 g/mol. The van der Waals surface area contributed by atoms with Gasteiger partial charge in [0.25, 0.3) is 5.91 Å². The van der Waals surface area contributed by atoms with Gasteiger partial charge in [-0.25, -0.2) is 0 Å². The molecule has 0 saturated carbocycles. The van der Waals surface area contributed by atoms with Gasteiger partial charge in [-0.15, -0.1) is 11.3 Å². The van der Waals surface area contributed by atoms with E-state index in [0.29, 0.717) is 17.2 Å². The molecule has 1 N–H and O–H groups in total. The highest BCUT2D eigenvalue weighted by molar-refractivity contribution is 7.10. The van der Waals surface area contributed by atoms with Gasteiger partial charge in [0.2, 0.25) is 0 Å². The van der Waals surface area contributed by atoms with Crippen LogP contribution in [-0.2, 0) is 12.8 Å². The van der Waals surface area contributed by atoms with E-state index in [-0.39, 0.29) is 5.91 Å². The molecule has 1 aliphatic carbocycles. The second-order valence-electron chi connectivity index (χ2n) is 5.51. The Hall–Kier alpha value is -2.12. The van der Waals surface area contributed by atoms with Gasteiger partial charge < -0.3 is 5.32 Å². The van der Waals surface area contributed by atoms with Crippen LogP contribution in [0.25, 0.3) is 0 Å². The standard InChI is InChI=1S/C17H16N2OS/c1-11-6-7-13-14(10-21-16(13)8-11)17(20)19-15-5-3-2-4-12(15)9-18/h2-5,10-11H,6-8H2,1H3,(H,19,20). The molecule has 0 aliphatic heterocycles. The van der Waals surface area contributed by atoms with Crippen molar-refractivity contribution in [3.63, 3.8) is 0 Å². The van der Waals surface area contributed by atoms with E-state index in [4.69, 9.17) is 5.26 Å². The van der Waals surface area contributed by atoms with Crippen molar-refractivity contribution in [2.75, 3.05) is 5.32 Å². The molecule has 1 heterocycles. The first-order valence-electron chi connectivity index (χ1n) is 7.08. The van der Waals surface area contributed by atoms with Gasteiger partial charge in [0, 0.05) is 10.3 Å². The number of nitriles is 1. The average molecular weight is 296 g/mol. The Bertz CT molecular complexity index is 727. The van der Waals surface area contributed by atoms with Gasteiger partial charge in [0.05, 0.1) is 16.8 Å². The van der Waals surface area contributed by atoms with Crippen LogP contribution >= 0.6 is 11.3 Å². The van der Waals surface area contributed by atoms with Crippen LogP contribution in [-0.4, -0.2) is 5.91 Å². The third-order valence-electron chi connectivity index (χ3n) is 3.94. The highest BCUT2D eigenvalue weighted by Crippen LogP contribution is 2.33. The highest BCUT2D eigenvalue weighted by Gasteiger charge is 2.23. The summed E-state index contributed by atoms with van der Waals surface area (Å²) in [4.78, 5) is 13.8. The molecule has 0 fully saturated rings. The molecule has 3 nitrogen and oxygen atoms in total. The Balaban J connectivity index is 1.85. The summed E-state index contributed by atoms with van der Waals surface area (Å²) < 4.78 is 0. The molecule has 0 saturated heterocycles. The van der Waals surface area contributed by atoms with Gasteiger partial charge in [0.1, 0.15) is 6.07 Å². The number of hydrogen-bond donors (Lipinski definition) is 1. The van der Waals surface area contributed by atoms with E-state index in [9.17, 15) is 4.79 Å². The smallest absolute Gasteiger partial charge is 0.256 e. The Kier molecular flexibility index (Phi) is 3.76. The first kappa shape index (κ1) is 13.8. The first-order chi connectivity index (χ1) is 10.2. The lowest BCUT2D eigenvalue weighted by molar-refractivity contribution is 0.102. The molecule has 3 rings (SSSR count). The maximum Gasteiger partial charge on any atom is 0.256 e. The van der Waals surface area contributed by atoms with Crippen LogP contribution in [0.3, 0.4) is 0 Å². The Morgan fingerprint density at radius 3 is 3.05 bits per heavy atom. The number of benzene rings is 1. The molecular weight excluding hydrogens is 280 g/mol. The number of carbonyl (C=O) groups excluding carboxylic acids is 1. The molecule has 0 spiro atoms. The number of amides is 1. The summed E-state index contributed by atoms with van der Waals surface area (Å²) in [5.41, 5.74) is 3.04. The molecule has 106 valence electrons. The first-order valence-corrected chi connectivity index (χ1v) is 7.96. The van der Waals surface area contributed by atoms with Crippen LogP contribution in [0, 0.1) is 17.2 Å². The minimum Gasteiger partial charge on any atom is -0.321 e. The number of thiophene rings is 1. The fourth-order valence-electron chi connectivity index (χ4n) is 2.75. The van der Waals surface area contributed by atoms with Gasteiger partial charge in [-0.2, -0.15) is 5.26 Å². The molecule has 4 heteroatoms. The third kappa shape index (κ3) is 2.70. The van der Waals surface area contributed by atoms with Gasteiger partial charge >= 0.3 is 0 Å². The molecule has 0 bridgehead atoms. The summed E-state index contributed by atoms with van der Waals surface area (Å²) in [6.45, 7) is 2.26. The van der Waals surface area contributed by atoms with Crippen molar-refractivity contribution in [2.45, 2.75) is 26.2 Å². The van der Waals surface area contributed by atoms with Gasteiger partial charge in [-0.05, 0) is 42.9 Å². The molecule has 1 atom stereocenters. The van der Waals surface area contributed by atoms with Crippen molar-refractivity contribution in [1.29, 1.82) is 5.26 Å². The molecular formula is C17H16N2OS. The zero-order valence-electron chi connectivity index (χ0n) is 11.8. The topological polar surface area (TPSA) is 52.9 Å². The predicted molar refractivity (Wildman–Crippen MR) is 84.6 cm³/mol. The molecule has 21 heavy (non-hydrogen) atoms. The number of hydrogen-bond acceptors (Lipinski definition) is 3. The highest BCUT2D eigenvalue weighted by atomic mass is 32.1. The molecule has 1 unspecified atom stereocenters. The van der Waals surface area contributed by atoms with Gasteiger partial charge in [-0.3, -0.25) is 4.79 Å². The van der Waals surface area contributed by atoms with E-state index in [1.165, 1.54) is 10.4 Å². The average Bonchev–Trinajstić information content (AvgIpc) is 2.90. The summed E-state index contributed by atoms with van der Waals surface area (Å²) in [5, 5.41) is 13.9. The summed E-state index contributed by atoms with van der Waals surface area (Å²) in [6, 6.07) is 9.19. The predicted octanol–water partition coefficient (Wildman–Crippen LogP) is 4.00. The Labute approximate surface area is 128 Å². The fourth-order valence-corrected chi connectivity index (χ4v) is 3.99. The van der Waals surface area contributed by atoms with Gasteiger partial charge in [0.15, 0.2) is 0 Å². The van der Waals surface area contributed by atoms with Crippen molar-refractivity contribution < 1.29 is 4.79 Å². The molecule has 0 radical (unpaired) electrons. The van der Waals surface area contributed by atoms with E-state index >= 15 is 0 Å². The SMILES string of the molecule is CC1CCc2c(C(=O)Nc3ccccc3C#N)csc2C1. The maximum atomic E-state index is 12.5. The van der Waals surface area contributed by atoms with E-state index in [2.05, 4.69) is 18.3 Å². The van der Waals surface area contributed by atoms with Crippen molar-refractivity contribution in [3.05, 3.63) is 51.2 Å². The quantitative estimate of drug-likeness (QED) is 0.910. The van der Waals surface area contributed by atoms with E-state index in [0.717, 1.165) is 24.8 Å². The Morgan fingerprint density at radius 1 is 1.43 bits per heavy atom. The summed E-state index contributed by atoms with van der Waals surface area (Å²) >= 11 is 1.68. The van der Waals surface area contributed by atoms with E-state index < -0.39 is 0 Å². The van der Waals surface area contributed by atoms with Crippen LogP contribution in [0.1, 0.15) is 39.7 Å². The van der Waals surface area contributed by atoms with Crippen LogP contribution in [0.15, 0.2) is 29.6 Å². The minimum absolute atomic E-state index is 0.107. The van der Waals surface area contributed by atoms with Gasteiger partial charge in [-0.1, -0.05) is 19.1 Å². The van der Waals surface area contributed by atoms with Crippen molar-refractivity contribution in [2.24, 2.45) is 5.92 Å². The number of nitrogens with one attached hydrogen (secondary N) is 1. The molecule has 1 aromatic carbocycles. The lowest BCUT2D eigenvalue weighted by atomic mass is 9.88. The maximum absolute atomic E-state index is 12.5. The number of carbonyl (C=O) groups is 1. The van der Waals surface area contributed by atoms with Crippen LogP contribution in [0.2, 0.25) is 0 Å². The second-order valence-corrected chi connectivity index (χ2v) is 6.47. The summed E-state index contributed by atoms with van der Waals surface area (Å²) in [7, 11) is 0. The Morgan fingerprint density at radius 2 is 2.24 bits per heavy atom.